The molecule has 2 aliphatic heterocycles. The van der Waals surface area contributed by atoms with Gasteiger partial charge in [0.15, 0.2) is 5.58 Å². The van der Waals surface area contributed by atoms with Crippen molar-refractivity contribution in [3.8, 4) is 0 Å². The molecule has 17 heavy (non-hydrogen) atoms. The molecule has 0 N–H and O–H groups in total. The van der Waals surface area contributed by atoms with Crippen molar-refractivity contribution < 1.29 is 4.42 Å². The molecule has 0 aromatic carbocycles. The zero-order valence-corrected chi connectivity index (χ0v) is 10.7. The fraction of sp³-hybridized carbons (Fsp3) is 0.455. The van der Waals surface area contributed by atoms with E-state index in [0.717, 1.165) is 23.1 Å². The van der Waals surface area contributed by atoms with E-state index in [1.807, 2.05) is 6.07 Å². The van der Waals surface area contributed by atoms with Gasteiger partial charge in [-0.05, 0) is 22.4 Å². The Morgan fingerprint density at radius 1 is 1.35 bits per heavy atom. The highest BCUT2D eigenvalue weighted by molar-refractivity contribution is 9.10. The Balaban J connectivity index is 1.76. The van der Waals surface area contributed by atoms with E-state index < -0.39 is 0 Å². The molecule has 2 saturated heterocycles. The number of oxazole rings is 1. The maximum atomic E-state index is 5.78. The van der Waals surface area contributed by atoms with Crippen LogP contribution in [0.25, 0.3) is 11.2 Å². The first-order chi connectivity index (χ1) is 8.31. The van der Waals surface area contributed by atoms with Crippen molar-refractivity contribution in [1.29, 1.82) is 0 Å². The Morgan fingerprint density at radius 3 is 3.06 bits per heavy atom. The van der Waals surface area contributed by atoms with Gasteiger partial charge in [-0.3, -0.25) is 4.90 Å². The standard InChI is InChI=1S/C11H11BrN4O/c12-7-5-8-10(13-6-7)14-11(17-8)16-4-3-15-2-1-9(15)16/h5-6,9H,1-4H2. The van der Waals surface area contributed by atoms with E-state index in [4.69, 9.17) is 4.42 Å². The van der Waals surface area contributed by atoms with Gasteiger partial charge >= 0.3 is 6.01 Å². The molecule has 2 aliphatic rings. The van der Waals surface area contributed by atoms with Crippen LogP contribution in [-0.4, -0.2) is 40.7 Å². The molecular formula is C11H11BrN4O. The zero-order valence-electron chi connectivity index (χ0n) is 9.14. The Morgan fingerprint density at radius 2 is 2.29 bits per heavy atom. The van der Waals surface area contributed by atoms with Crippen LogP contribution < -0.4 is 4.90 Å². The van der Waals surface area contributed by atoms with Crippen molar-refractivity contribution in [3.05, 3.63) is 16.7 Å². The van der Waals surface area contributed by atoms with E-state index in [1.165, 1.54) is 13.0 Å². The molecule has 0 saturated carbocycles. The summed E-state index contributed by atoms with van der Waals surface area (Å²) in [4.78, 5) is 13.4. The van der Waals surface area contributed by atoms with Gasteiger partial charge in [-0.15, -0.1) is 0 Å². The lowest BCUT2D eigenvalue weighted by molar-refractivity contribution is 0.139. The number of aromatic nitrogens is 2. The highest BCUT2D eigenvalue weighted by atomic mass is 79.9. The Hall–Kier alpha value is -1.14. The first-order valence-corrected chi connectivity index (χ1v) is 6.53. The van der Waals surface area contributed by atoms with Crippen LogP contribution in [0.2, 0.25) is 0 Å². The van der Waals surface area contributed by atoms with E-state index in [-0.39, 0.29) is 0 Å². The third-order valence-electron chi connectivity index (χ3n) is 3.53. The van der Waals surface area contributed by atoms with E-state index in [9.17, 15) is 0 Å². The number of pyridine rings is 1. The summed E-state index contributed by atoms with van der Waals surface area (Å²) in [6.45, 7) is 3.31. The van der Waals surface area contributed by atoms with Crippen LogP contribution in [0, 0.1) is 0 Å². The van der Waals surface area contributed by atoms with Crippen LogP contribution in [0.1, 0.15) is 6.42 Å². The van der Waals surface area contributed by atoms with Crippen LogP contribution >= 0.6 is 15.9 Å². The third-order valence-corrected chi connectivity index (χ3v) is 3.97. The molecule has 1 atom stereocenters. The predicted molar refractivity (Wildman–Crippen MR) is 66.8 cm³/mol. The Kier molecular flexibility index (Phi) is 1.99. The van der Waals surface area contributed by atoms with Gasteiger partial charge in [0.25, 0.3) is 0 Å². The molecule has 5 nitrogen and oxygen atoms in total. The molecule has 4 rings (SSSR count). The van der Waals surface area contributed by atoms with E-state index >= 15 is 0 Å². The minimum absolute atomic E-state index is 0.492. The van der Waals surface area contributed by atoms with Crippen LogP contribution in [0.5, 0.6) is 0 Å². The van der Waals surface area contributed by atoms with Gasteiger partial charge in [0.05, 0.1) is 6.17 Å². The number of rotatable bonds is 1. The van der Waals surface area contributed by atoms with Crippen molar-refractivity contribution in [3.63, 3.8) is 0 Å². The van der Waals surface area contributed by atoms with Crippen LogP contribution in [0.15, 0.2) is 21.2 Å². The molecule has 0 amide bonds. The van der Waals surface area contributed by atoms with Gasteiger partial charge in [0.1, 0.15) is 0 Å². The average molecular weight is 295 g/mol. The summed E-state index contributed by atoms with van der Waals surface area (Å²) in [5.41, 5.74) is 1.42. The minimum Gasteiger partial charge on any atom is -0.422 e. The Labute approximate surface area is 107 Å². The molecule has 2 aromatic heterocycles. The summed E-state index contributed by atoms with van der Waals surface area (Å²) in [6.07, 6.45) is 3.44. The quantitative estimate of drug-likeness (QED) is 0.803. The summed E-state index contributed by atoms with van der Waals surface area (Å²) in [5, 5.41) is 0. The first-order valence-electron chi connectivity index (χ1n) is 5.74. The number of fused-ring (bicyclic) bond motifs is 2. The summed E-state index contributed by atoms with van der Waals surface area (Å²) >= 11 is 3.39. The lowest BCUT2D eigenvalue weighted by Crippen LogP contribution is -2.49. The highest BCUT2D eigenvalue weighted by Crippen LogP contribution is 2.32. The molecule has 4 heterocycles. The van der Waals surface area contributed by atoms with Gasteiger partial charge in [-0.1, -0.05) is 0 Å². The van der Waals surface area contributed by atoms with Crippen molar-refractivity contribution >= 4 is 33.2 Å². The maximum absolute atomic E-state index is 5.78. The zero-order chi connectivity index (χ0) is 11.4. The predicted octanol–water partition coefficient (Wildman–Crippen LogP) is 1.84. The van der Waals surface area contributed by atoms with E-state index in [2.05, 4.69) is 35.7 Å². The smallest absolute Gasteiger partial charge is 0.301 e. The van der Waals surface area contributed by atoms with Gasteiger partial charge in [-0.25, -0.2) is 4.98 Å². The molecule has 0 radical (unpaired) electrons. The molecule has 2 aromatic rings. The molecule has 88 valence electrons. The average Bonchev–Trinajstić information content (AvgIpc) is 2.79. The van der Waals surface area contributed by atoms with Crippen molar-refractivity contribution in [2.24, 2.45) is 0 Å². The number of anilines is 1. The second-order valence-corrected chi connectivity index (χ2v) is 5.39. The van der Waals surface area contributed by atoms with Gasteiger partial charge in [0.2, 0.25) is 5.65 Å². The fourth-order valence-corrected chi connectivity index (χ4v) is 2.87. The minimum atomic E-state index is 0.492. The van der Waals surface area contributed by atoms with Crippen LogP contribution in [0.3, 0.4) is 0 Å². The number of nitrogens with zero attached hydrogens (tertiary/aromatic N) is 4. The van der Waals surface area contributed by atoms with Crippen molar-refractivity contribution in [1.82, 2.24) is 14.9 Å². The number of hydrogen-bond acceptors (Lipinski definition) is 5. The van der Waals surface area contributed by atoms with Gasteiger partial charge < -0.3 is 9.32 Å². The fourth-order valence-electron chi connectivity index (χ4n) is 2.56. The summed E-state index contributed by atoms with van der Waals surface area (Å²) in [6, 6.07) is 2.62. The lowest BCUT2D eigenvalue weighted by atomic mass is 10.2. The molecule has 0 aliphatic carbocycles. The molecule has 0 spiro atoms. The number of hydrogen-bond donors (Lipinski definition) is 0. The molecular weight excluding hydrogens is 284 g/mol. The van der Waals surface area contributed by atoms with Gasteiger partial charge in [-0.2, -0.15) is 4.98 Å². The summed E-state index contributed by atoms with van der Waals surface area (Å²) in [5.74, 6) is 0. The van der Waals surface area contributed by atoms with Crippen LogP contribution in [-0.2, 0) is 0 Å². The van der Waals surface area contributed by atoms with E-state index in [0.29, 0.717) is 17.8 Å². The highest BCUT2D eigenvalue weighted by Gasteiger charge is 2.40. The van der Waals surface area contributed by atoms with Crippen molar-refractivity contribution in [2.75, 3.05) is 24.5 Å². The third kappa shape index (κ3) is 1.40. The maximum Gasteiger partial charge on any atom is 0.301 e. The topological polar surface area (TPSA) is 45.4 Å². The normalized spacial score (nSPS) is 24.1. The SMILES string of the molecule is Brc1cnc2nc(N3CCN4CCC43)oc2c1. The second kappa shape index (κ2) is 3.43. The van der Waals surface area contributed by atoms with Gasteiger partial charge in [0, 0.05) is 36.4 Å². The first kappa shape index (κ1) is 9.85. The summed E-state index contributed by atoms with van der Waals surface area (Å²) < 4.78 is 6.70. The van der Waals surface area contributed by atoms with E-state index in [1.54, 1.807) is 6.20 Å². The van der Waals surface area contributed by atoms with Crippen LogP contribution in [0.4, 0.5) is 6.01 Å². The molecule has 1 unspecified atom stereocenters. The van der Waals surface area contributed by atoms with Crippen molar-refractivity contribution in [2.45, 2.75) is 12.6 Å². The molecule has 0 bridgehead atoms. The summed E-state index contributed by atoms with van der Waals surface area (Å²) in [7, 11) is 0. The molecule has 6 heteroatoms. The second-order valence-electron chi connectivity index (χ2n) is 4.47. The lowest BCUT2D eigenvalue weighted by Gasteiger charge is -2.37. The monoisotopic (exact) mass is 294 g/mol. The Bertz CT molecular complexity index is 584. The largest absolute Gasteiger partial charge is 0.422 e. The molecule has 2 fully saturated rings. The number of halogens is 1.